The van der Waals surface area contributed by atoms with Crippen LogP contribution in [-0.4, -0.2) is 34.6 Å². The van der Waals surface area contributed by atoms with E-state index in [0.717, 1.165) is 9.35 Å². The van der Waals surface area contributed by atoms with Crippen molar-refractivity contribution >= 4 is 46.7 Å². The summed E-state index contributed by atoms with van der Waals surface area (Å²) < 4.78 is 5.98. The second kappa shape index (κ2) is 8.73. The summed E-state index contributed by atoms with van der Waals surface area (Å²) in [6, 6.07) is 5.98. The Morgan fingerprint density at radius 2 is 2.15 bits per heavy atom. The molecular weight excluding hydrogens is 408 g/mol. The van der Waals surface area contributed by atoms with Gasteiger partial charge in [-0.05, 0) is 25.5 Å². The van der Waals surface area contributed by atoms with Gasteiger partial charge < -0.3 is 15.4 Å². The van der Waals surface area contributed by atoms with Gasteiger partial charge in [0.2, 0.25) is 0 Å². The Morgan fingerprint density at radius 3 is 2.81 bits per heavy atom. The fraction of sp³-hybridized carbons (Fsp3) is 0.294. The molecule has 2 N–H and O–H groups in total. The standard InChI is InChI=1S/C17H17ClN4O3S2/c1-3-25-15(23)13-12(8-26-17-22-21-9(2)27-17)19-16(24)20-14(13)10-6-4-5-7-11(10)18/h4-7,14H,3,8H2,1-2H3,(H2,19,20,24). The van der Waals surface area contributed by atoms with Gasteiger partial charge in [0.1, 0.15) is 5.01 Å². The van der Waals surface area contributed by atoms with E-state index in [4.69, 9.17) is 16.3 Å². The van der Waals surface area contributed by atoms with Gasteiger partial charge in [0, 0.05) is 16.5 Å². The van der Waals surface area contributed by atoms with Crippen molar-refractivity contribution in [2.24, 2.45) is 0 Å². The highest BCUT2D eigenvalue weighted by molar-refractivity contribution is 8.01. The Hall–Kier alpha value is -2.10. The van der Waals surface area contributed by atoms with E-state index in [2.05, 4.69) is 20.8 Å². The molecule has 10 heteroatoms. The molecule has 2 amide bonds. The number of ether oxygens (including phenoxy) is 1. The van der Waals surface area contributed by atoms with Gasteiger partial charge in [-0.25, -0.2) is 9.59 Å². The maximum absolute atomic E-state index is 12.7. The smallest absolute Gasteiger partial charge is 0.338 e. The van der Waals surface area contributed by atoms with E-state index >= 15 is 0 Å². The number of nitrogens with one attached hydrogen (secondary N) is 2. The summed E-state index contributed by atoms with van der Waals surface area (Å²) in [6.07, 6.45) is 0. The first-order valence-corrected chi connectivity index (χ1v) is 10.3. The van der Waals surface area contributed by atoms with Crippen LogP contribution in [0.5, 0.6) is 0 Å². The quantitative estimate of drug-likeness (QED) is 0.544. The summed E-state index contributed by atoms with van der Waals surface area (Å²) in [5.41, 5.74) is 1.43. The van der Waals surface area contributed by atoms with E-state index in [1.807, 2.05) is 6.92 Å². The molecule has 1 atom stereocenters. The number of benzene rings is 1. The van der Waals surface area contributed by atoms with Crippen LogP contribution in [-0.2, 0) is 9.53 Å². The third-order valence-corrected chi connectivity index (χ3v) is 6.06. The van der Waals surface area contributed by atoms with Crippen molar-refractivity contribution in [2.75, 3.05) is 12.4 Å². The molecular formula is C17H17ClN4O3S2. The monoisotopic (exact) mass is 424 g/mol. The van der Waals surface area contributed by atoms with Gasteiger partial charge in [0.15, 0.2) is 4.34 Å². The molecule has 1 aromatic heterocycles. The van der Waals surface area contributed by atoms with Gasteiger partial charge in [-0.2, -0.15) is 0 Å². The Balaban J connectivity index is 1.99. The molecule has 0 bridgehead atoms. The summed E-state index contributed by atoms with van der Waals surface area (Å²) in [4.78, 5) is 24.9. The number of urea groups is 1. The molecule has 1 unspecified atom stereocenters. The number of nitrogens with zero attached hydrogens (tertiary/aromatic N) is 2. The van der Waals surface area contributed by atoms with Gasteiger partial charge in [-0.15, -0.1) is 10.2 Å². The summed E-state index contributed by atoms with van der Waals surface area (Å²) in [5, 5.41) is 14.8. The lowest BCUT2D eigenvalue weighted by Gasteiger charge is -2.29. The molecule has 0 radical (unpaired) electrons. The molecule has 3 rings (SSSR count). The lowest BCUT2D eigenvalue weighted by atomic mass is 9.95. The van der Waals surface area contributed by atoms with Crippen molar-refractivity contribution in [3.8, 4) is 0 Å². The highest BCUT2D eigenvalue weighted by Gasteiger charge is 2.34. The van der Waals surface area contributed by atoms with Crippen molar-refractivity contribution in [3.05, 3.63) is 51.1 Å². The van der Waals surface area contributed by atoms with Crippen LogP contribution in [0.25, 0.3) is 0 Å². The summed E-state index contributed by atoms with van der Waals surface area (Å²) >= 11 is 9.15. The van der Waals surface area contributed by atoms with Crippen molar-refractivity contribution < 1.29 is 14.3 Å². The Bertz CT molecular complexity index is 900. The van der Waals surface area contributed by atoms with E-state index in [1.165, 1.54) is 23.1 Å². The zero-order valence-electron chi connectivity index (χ0n) is 14.6. The van der Waals surface area contributed by atoms with Gasteiger partial charge in [0.05, 0.1) is 18.2 Å². The van der Waals surface area contributed by atoms with Crippen molar-refractivity contribution in [3.63, 3.8) is 0 Å². The molecule has 0 aliphatic carbocycles. The lowest BCUT2D eigenvalue weighted by Crippen LogP contribution is -2.46. The third-order valence-electron chi connectivity index (χ3n) is 3.71. The Morgan fingerprint density at radius 1 is 1.37 bits per heavy atom. The van der Waals surface area contributed by atoms with Crippen molar-refractivity contribution in [1.29, 1.82) is 0 Å². The second-order valence-corrected chi connectivity index (χ2v) is 8.35. The van der Waals surface area contributed by atoms with E-state index in [0.29, 0.717) is 27.6 Å². The average molecular weight is 425 g/mol. The summed E-state index contributed by atoms with van der Waals surface area (Å²) in [7, 11) is 0. The van der Waals surface area contributed by atoms with E-state index in [-0.39, 0.29) is 6.61 Å². The fourth-order valence-corrected chi connectivity index (χ4v) is 4.62. The van der Waals surface area contributed by atoms with Gasteiger partial charge in [0.25, 0.3) is 0 Å². The topological polar surface area (TPSA) is 93.2 Å². The first kappa shape index (κ1) is 19.7. The van der Waals surface area contributed by atoms with Crippen LogP contribution in [0.15, 0.2) is 39.9 Å². The van der Waals surface area contributed by atoms with E-state index in [1.54, 1.807) is 31.2 Å². The summed E-state index contributed by atoms with van der Waals surface area (Å²) in [6.45, 7) is 3.82. The molecule has 2 heterocycles. The number of amides is 2. The molecule has 0 saturated heterocycles. The number of rotatable bonds is 6. The molecule has 2 aromatic rings. The fourth-order valence-electron chi connectivity index (χ4n) is 2.59. The number of carbonyl (C=O) groups excluding carboxylic acids is 2. The lowest BCUT2D eigenvalue weighted by molar-refractivity contribution is -0.139. The van der Waals surface area contributed by atoms with Crippen LogP contribution in [0.4, 0.5) is 4.79 Å². The third kappa shape index (κ3) is 4.60. The SMILES string of the molecule is CCOC(=O)C1=C(CSc2nnc(C)s2)NC(=O)NC1c1ccccc1Cl. The summed E-state index contributed by atoms with van der Waals surface area (Å²) in [5.74, 6) is -0.157. The number of aromatic nitrogens is 2. The zero-order valence-corrected chi connectivity index (χ0v) is 17.0. The number of hydrogen-bond donors (Lipinski definition) is 2. The molecule has 0 saturated carbocycles. The van der Waals surface area contributed by atoms with E-state index < -0.39 is 18.0 Å². The van der Waals surface area contributed by atoms with Crippen molar-refractivity contribution in [1.82, 2.24) is 20.8 Å². The van der Waals surface area contributed by atoms with Crippen LogP contribution in [0, 0.1) is 6.92 Å². The number of aryl methyl sites for hydroxylation is 1. The minimum absolute atomic E-state index is 0.224. The zero-order chi connectivity index (χ0) is 19.4. The van der Waals surface area contributed by atoms with Crippen LogP contribution in [0.2, 0.25) is 5.02 Å². The Kier molecular flexibility index (Phi) is 6.35. The highest BCUT2D eigenvalue weighted by Crippen LogP contribution is 2.34. The minimum Gasteiger partial charge on any atom is -0.463 e. The van der Waals surface area contributed by atoms with Crippen LogP contribution in [0.3, 0.4) is 0 Å². The second-order valence-electron chi connectivity index (χ2n) is 5.54. The van der Waals surface area contributed by atoms with Gasteiger partial charge in [-0.1, -0.05) is 52.9 Å². The van der Waals surface area contributed by atoms with Crippen molar-refractivity contribution in [2.45, 2.75) is 24.2 Å². The highest BCUT2D eigenvalue weighted by atomic mass is 35.5. The number of esters is 1. The van der Waals surface area contributed by atoms with Gasteiger partial charge in [-0.3, -0.25) is 0 Å². The Labute approximate surface area is 169 Å². The number of halogens is 1. The van der Waals surface area contributed by atoms with Crippen LogP contribution in [0.1, 0.15) is 23.5 Å². The maximum atomic E-state index is 12.7. The number of hydrogen-bond acceptors (Lipinski definition) is 7. The predicted octanol–water partition coefficient (Wildman–Crippen LogP) is 3.46. The molecule has 1 aliphatic rings. The minimum atomic E-state index is -0.696. The molecule has 142 valence electrons. The normalized spacial score (nSPS) is 16.7. The largest absolute Gasteiger partial charge is 0.463 e. The molecule has 1 aliphatic heterocycles. The number of carbonyl (C=O) groups is 2. The van der Waals surface area contributed by atoms with Crippen LogP contribution < -0.4 is 10.6 Å². The average Bonchev–Trinajstić information content (AvgIpc) is 3.05. The molecule has 7 nitrogen and oxygen atoms in total. The van der Waals surface area contributed by atoms with Gasteiger partial charge >= 0.3 is 12.0 Å². The number of thioether (sulfide) groups is 1. The molecule has 0 fully saturated rings. The van der Waals surface area contributed by atoms with Crippen LogP contribution >= 0.6 is 34.7 Å². The predicted molar refractivity (Wildman–Crippen MR) is 105 cm³/mol. The maximum Gasteiger partial charge on any atom is 0.338 e. The molecule has 27 heavy (non-hydrogen) atoms. The van der Waals surface area contributed by atoms with E-state index in [9.17, 15) is 9.59 Å². The first-order chi connectivity index (χ1) is 13.0. The molecule has 0 spiro atoms. The molecule has 1 aromatic carbocycles. The first-order valence-electron chi connectivity index (χ1n) is 8.14.